The van der Waals surface area contributed by atoms with Gasteiger partial charge in [-0.15, -0.1) is 0 Å². The van der Waals surface area contributed by atoms with Crippen molar-refractivity contribution >= 4 is 11.8 Å². The molecule has 0 aromatic heterocycles. The molecule has 15 heteroatoms. The van der Waals surface area contributed by atoms with E-state index in [9.17, 15) is 24.9 Å². The normalized spacial score (nSPS) is 49.6. The summed E-state index contributed by atoms with van der Waals surface area (Å²) in [5.74, 6) is -0.727. The fourth-order valence-corrected chi connectivity index (χ4v) is 12.8. The number of allylic oxidation sites excluding steroid dienone is 2. The van der Waals surface area contributed by atoms with E-state index in [1.807, 2.05) is 27.7 Å². The summed E-state index contributed by atoms with van der Waals surface area (Å²) in [5, 5.41) is 34.1. The predicted octanol–water partition coefficient (Wildman–Crippen LogP) is 4.69. The molecule has 0 aromatic carbocycles. The van der Waals surface area contributed by atoms with E-state index in [1.165, 1.54) is 12.7 Å². The van der Waals surface area contributed by atoms with Crippen LogP contribution in [0.4, 0.5) is 0 Å². The van der Waals surface area contributed by atoms with Crippen molar-refractivity contribution in [3.05, 3.63) is 23.3 Å². The highest BCUT2D eigenvalue weighted by molar-refractivity contribution is 5.88. The van der Waals surface area contributed by atoms with Crippen LogP contribution in [-0.2, 0) is 57.0 Å². The molecule has 15 nitrogen and oxygen atoms in total. The maximum absolute atomic E-state index is 13.3. The molecule has 3 saturated carbocycles. The van der Waals surface area contributed by atoms with E-state index in [0.29, 0.717) is 44.1 Å². The summed E-state index contributed by atoms with van der Waals surface area (Å²) in [6, 6.07) is 0. The molecule has 0 amide bonds. The average molecular weight is 879 g/mol. The molecule has 3 aliphatic heterocycles. The van der Waals surface area contributed by atoms with Gasteiger partial charge < -0.3 is 62.7 Å². The van der Waals surface area contributed by atoms with E-state index in [1.54, 1.807) is 41.1 Å². The van der Waals surface area contributed by atoms with E-state index in [4.69, 9.17) is 47.4 Å². The van der Waals surface area contributed by atoms with Crippen molar-refractivity contribution in [2.45, 2.75) is 211 Å². The van der Waals surface area contributed by atoms with Gasteiger partial charge in [0.15, 0.2) is 18.9 Å². The van der Waals surface area contributed by atoms with E-state index in [-0.39, 0.29) is 41.2 Å². The second kappa shape index (κ2) is 18.8. The first-order valence-electron chi connectivity index (χ1n) is 23.0. The number of esters is 1. The Kier molecular flexibility index (Phi) is 14.6. The molecular formula is C47H74O15. The Morgan fingerprint density at radius 3 is 2.00 bits per heavy atom. The van der Waals surface area contributed by atoms with Crippen molar-refractivity contribution in [2.24, 2.45) is 28.6 Å². The quantitative estimate of drug-likeness (QED) is 0.139. The van der Waals surface area contributed by atoms with E-state index in [2.05, 4.69) is 13.0 Å². The third-order valence-corrected chi connectivity index (χ3v) is 16.6. The number of methoxy groups -OCH3 is 3. The zero-order valence-corrected chi connectivity index (χ0v) is 38.7. The van der Waals surface area contributed by atoms with Gasteiger partial charge in [-0.3, -0.25) is 4.79 Å². The first-order chi connectivity index (χ1) is 29.3. The largest absolute Gasteiger partial charge is 0.458 e. The number of hydrogen-bond acceptors (Lipinski definition) is 15. The molecule has 7 aliphatic rings. The third-order valence-electron chi connectivity index (χ3n) is 16.6. The summed E-state index contributed by atoms with van der Waals surface area (Å²) >= 11 is 0. The highest BCUT2D eigenvalue weighted by Gasteiger charge is 2.71. The lowest BCUT2D eigenvalue weighted by atomic mass is 9.45. The zero-order chi connectivity index (χ0) is 45.1. The Morgan fingerprint density at radius 2 is 1.40 bits per heavy atom. The van der Waals surface area contributed by atoms with Crippen LogP contribution in [0.15, 0.2) is 23.3 Å². The molecule has 0 aromatic rings. The number of carbonyl (C=O) groups excluding carboxylic acids is 2. The second-order valence-electron chi connectivity index (χ2n) is 19.8. The summed E-state index contributed by atoms with van der Waals surface area (Å²) < 4.78 is 61.8. The van der Waals surface area contributed by atoms with Crippen LogP contribution in [0.25, 0.3) is 0 Å². The first kappa shape index (κ1) is 48.1. The number of aliphatic hydroxyl groups is 3. The van der Waals surface area contributed by atoms with Crippen LogP contribution in [0.1, 0.15) is 113 Å². The van der Waals surface area contributed by atoms with Gasteiger partial charge in [-0.2, -0.15) is 0 Å². The van der Waals surface area contributed by atoms with E-state index >= 15 is 0 Å². The minimum absolute atomic E-state index is 0.0391. The maximum atomic E-state index is 13.3. The first-order valence-corrected chi connectivity index (χ1v) is 23.0. The number of aliphatic hydroxyl groups excluding tert-OH is 2. The fourth-order valence-electron chi connectivity index (χ4n) is 12.8. The van der Waals surface area contributed by atoms with Crippen molar-refractivity contribution in [1.29, 1.82) is 0 Å². The number of Topliss-reactive ketones (excluding diaryl/α,β-unsaturated/α-hetero) is 1. The predicted molar refractivity (Wildman–Crippen MR) is 223 cm³/mol. The fraction of sp³-hybridized carbons (Fsp3) is 0.872. The highest BCUT2D eigenvalue weighted by Crippen LogP contribution is 2.68. The summed E-state index contributed by atoms with van der Waals surface area (Å²) in [5.41, 5.74) is -0.439. The molecule has 21 atom stereocenters. The van der Waals surface area contributed by atoms with Crippen LogP contribution >= 0.6 is 0 Å². The molecule has 3 saturated heterocycles. The van der Waals surface area contributed by atoms with Gasteiger partial charge in [0.1, 0.15) is 42.4 Å². The van der Waals surface area contributed by atoms with Crippen LogP contribution in [0.3, 0.4) is 0 Å². The Morgan fingerprint density at radius 1 is 0.774 bits per heavy atom. The Hall–Kier alpha value is -1.86. The van der Waals surface area contributed by atoms with E-state index < -0.39 is 96.9 Å². The number of carbonyl (C=O) groups is 2. The van der Waals surface area contributed by atoms with Crippen molar-refractivity contribution in [3.8, 4) is 0 Å². The molecule has 0 bridgehead atoms. The van der Waals surface area contributed by atoms with Crippen LogP contribution in [-0.4, -0.2) is 146 Å². The smallest absolute Gasteiger partial charge is 0.333 e. The Bertz CT molecular complexity index is 1670. The van der Waals surface area contributed by atoms with Crippen LogP contribution < -0.4 is 0 Å². The van der Waals surface area contributed by atoms with Crippen LogP contribution in [0, 0.1) is 28.6 Å². The van der Waals surface area contributed by atoms with Crippen molar-refractivity contribution in [2.75, 3.05) is 21.3 Å². The summed E-state index contributed by atoms with van der Waals surface area (Å²) in [4.78, 5) is 26.4. The highest BCUT2D eigenvalue weighted by atomic mass is 16.8. The SMILES string of the molecule is C/C=C(\C)C(=O)O[C@@H]1C[C@H]2[C@H](CC=C3C[C@@H](O[C@H]4C[C@H](OC)[C@H](O[C@H]5C[C@H](OC)[C@H](O[C@@H]6O[C@H](C)[C@@H](O)[C@H](OC)[C@H]6O)[C@@H](C)O5)[C@@H](C)O4)CC[C@@]32C)[C@@]2(O)CC[C@H](C(C)=O)[C@@]12C. The monoisotopic (exact) mass is 879 g/mol. The molecule has 4 aliphatic carbocycles. The number of ketones is 1. The number of rotatable bonds is 12. The zero-order valence-electron chi connectivity index (χ0n) is 38.7. The standard InChI is InChI=1S/C47H74O15/c1-12-23(2)43(51)60-35-20-32-31(47(52)18-16-30(24(3)48)46(35,47)8)14-13-28-19-29(15-17-45(28,32)7)59-36-21-33(53-9)40(26(5)56-36)61-37-22-34(54-10)41(27(6)57-37)62-44-39(50)42(55-11)38(49)25(4)58-44/h12-13,25-27,29-42,44,49-50,52H,14-22H2,1-11H3/b23-12+/t25-,26-,27-,29+,30-,31+,32+,33+,34+,35-,36+,37+,38-,39-,40-,41-,42+,44+,45+,46+,47+/m1/s1. The minimum Gasteiger partial charge on any atom is -0.458 e. The number of hydrogen-bond donors (Lipinski definition) is 3. The van der Waals surface area contributed by atoms with Gasteiger partial charge in [0.25, 0.3) is 0 Å². The van der Waals surface area contributed by atoms with Gasteiger partial charge in [-0.05, 0) is 104 Å². The van der Waals surface area contributed by atoms with Gasteiger partial charge >= 0.3 is 5.97 Å². The summed E-state index contributed by atoms with van der Waals surface area (Å²) in [6.45, 7) is 15.0. The van der Waals surface area contributed by atoms with Crippen LogP contribution in [0.2, 0.25) is 0 Å². The Balaban J connectivity index is 0.980. The molecular weight excluding hydrogens is 805 g/mol. The topological polar surface area (TPSA) is 187 Å². The van der Waals surface area contributed by atoms with E-state index in [0.717, 1.165) is 19.3 Å². The summed E-state index contributed by atoms with van der Waals surface area (Å²) in [6.07, 6.45) is 0.173. The average Bonchev–Trinajstić information content (AvgIpc) is 3.53. The van der Waals surface area contributed by atoms with Crippen LogP contribution in [0.5, 0.6) is 0 Å². The molecule has 0 unspecified atom stereocenters. The number of fused-ring (bicyclic) bond motifs is 5. The lowest BCUT2D eigenvalue weighted by Gasteiger charge is -2.63. The molecule has 0 radical (unpaired) electrons. The van der Waals surface area contributed by atoms with Gasteiger partial charge in [-0.25, -0.2) is 4.79 Å². The van der Waals surface area contributed by atoms with Gasteiger partial charge in [0, 0.05) is 51.1 Å². The molecule has 62 heavy (non-hydrogen) atoms. The van der Waals surface area contributed by atoms with Crippen molar-refractivity contribution < 1.29 is 72.3 Å². The summed E-state index contributed by atoms with van der Waals surface area (Å²) in [7, 11) is 4.68. The molecule has 6 fully saturated rings. The number of ether oxygens (including phenoxy) is 10. The third kappa shape index (κ3) is 8.42. The van der Waals surface area contributed by atoms with Gasteiger partial charge in [0.05, 0.1) is 42.2 Å². The van der Waals surface area contributed by atoms with Crippen molar-refractivity contribution in [1.82, 2.24) is 0 Å². The molecule has 7 rings (SSSR count). The molecule has 3 N–H and O–H groups in total. The van der Waals surface area contributed by atoms with Crippen molar-refractivity contribution in [3.63, 3.8) is 0 Å². The second-order valence-corrected chi connectivity index (χ2v) is 19.8. The lowest BCUT2D eigenvalue weighted by Crippen LogP contribution is -2.66. The molecule has 0 spiro atoms. The molecule has 352 valence electrons. The van der Waals surface area contributed by atoms with Gasteiger partial charge in [-0.1, -0.05) is 31.6 Å². The minimum atomic E-state index is -1.22. The maximum Gasteiger partial charge on any atom is 0.333 e. The Labute approximate surface area is 367 Å². The molecule has 3 heterocycles. The lowest BCUT2D eigenvalue weighted by molar-refractivity contribution is -0.352. The van der Waals surface area contributed by atoms with Gasteiger partial charge in [0.2, 0.25) is 0 Å².